The van der Waals surface area contributed by atoms with E-state index in [4.69, 9.17) is 11.6 Å². The minimum Gasteiger partial charge on any atom is -0.363 e. The highest BCUT2D eigenvalue weighted by Crippen LogP contribution is 2.22. The van der Waals surface area contributed by atoms with Crippen molar-refractivity contribution in [3.05, 3.63) is 76.9 Å². The van der Waals surface area contributed by atoms with Crippen molar-refractivity contribution in [1.29, 1.82) is 0 Å². The van der Waals surface area contributed by atoms with E-state index in [1.807, 2.05) is 55.5 Å². The van der Waals surface area contributed by atoms with Crippen LogP contribution in [0.15, 0.2) is 60.7 Å². The van der Waals surface area contributed by atoms with Crippen LogP contribution in [0.2, 0.25) is 5.02 Å². The molecule has 3 rings (SSSR count). The third-order valence-corrected chi connectivity index (χ3v) is 3.83. The Balaban J connectivity index is 1.79. The molecule has 4 nitrogen and oxygen atoms in total. The van der Waals surface area contributed by atoms with Gasteiger partial charge in [0.05, 0.1) is 0 Å². The second-order valence-corrected chi connectivity index (χ2v) is 6.07. The van der Waals surface area contributed by atoms with Gasteiger partial charge >= 0.3 is 0 Å². The Morgan fingerprint density at radius 2 is 1.75 bits per heavy atom. The lowest BCUT2D eigenvalue weighted by Crippen LogP contribution is -2.09. The first-order valence-corrected chi connectivity index (χ1v) is 8.18. The number of aromatic nitrogens is 2. The van der Waals surface area contributed by atoms with Gasteiger partial charge in [-0.15, -0.1) is 0 Å². The maximum Gasteiger partial charge on any atom is 0.229 e. The van der Waals surface area contributed by atoms with E-state index >= 15 is 0 Å². The Morgan fingerprint density at radius 1 is 0.958 bits per heavy atom. The number of hydrogen-bond donors (Lipinski definition) is 2. The summed E-state index contributed by atoms with van der Waals surface area (Å²) in [5, 5.41) is 7.28. The minimum absolute atomic E-state index is 0.152. The van der Waals surface area contributed by atoms with Gasteiger partial charge in [0.2, 0.25) is 5.95 Å². The van der Waals surface area contributed by atoms with E-state index in [1.165, 1.54) is 5.56 Å². The number of halogens is 1. The highest BCUT2D eigenvalue weighted by molar-refractivity contribution is 6.30. The minimum atomic E-state index is 0.152. The molecule has 0 bridgehead atoms. The van der Waals surface area contributed by atoms with Gasteiger partial charge in [0, 0.05) is 28.5 Å². The Morgan fingerprint density at radius 3 is 2.50 bits per heavy atom. The summed E-state index contributed by atoms with van der Waals surface area (Å²) in [5.74, 6) is 1.32. The summed E-state index contributed by atoms with van der Waals surface area (Å²) in [6, 6.07) is 19.8. The van der Waals surface area contributed by atoms with Gasteiger partial charge in [0.15, 0.2) is 0 Å². The van der Waals surface area contributed by atoms with Gasteiger partial charge in [-0.05, 0) is 37.6 Å². The summed E-state index contributed by atoms with van der Waals surface area (Å²) in [7, 11) is 0. The molecule has 0 aliphatic heterocycles. The van der Waals surface area contributed by atoms with Crippen LogP contribution in [0, 0.1) is 6.92 Å². The summed E-state index contributed by atoms with van der Waals surface area (Å²) in [6.45, 7) is 4.06. The Labute approximate surface area is 146 Å². The average Bonchev–Trinajstić information content (AvgIpc) is 2.55. The molecule has 1 unspecified atom stereocenters. The average molecular weight is 339 g/mol. The summed E-state index contributed by atoms with van der Waals surface area (Å²) in [5.41, 5.74) is 2.95. The largest absolute Gasteiger partial charge is 0.363 e. The Kier molecular flexibility index (Phi) is 4.96. The van der Waals surface area contributed by atoms with Crippen molar-refractivity contribution in [2.75, 3.05) is 10.6 Å². The number of nitrogens with zero attached hydrogens (tertiary/aromatic N) is 2. The van der Waals surface area contributed by atoms with Crippen LogP contribution in [0.1, 0.15) is 24.2 Å². The van der Waals surface area contributed by atoms with Crippen LogP contribution in [0.25, 0.3) is 0 Å². The van der Waals surface area contributed by atoms with Crippen LogP contribution in [-0.4, -0.2) is 9.97 Å². The van der Waals surface area contributed by atoms with E-state index in [1.54, 1.807) is 0 Å². The zero-order chi connectivity index (χ0) is 16.9. The molecule has 1 heterocycles. The Hall–Kier alpha value is -2.59. The summed E-state index contributed by atoms with van der Waals surface area (Å²) < 4.78 is 0. The summed E-state index contributed by atoms with van der Waals surface area (Å²) >= 11 is 6.02. The Bertz CT molecular complexity index is 821. The van der Waals surface area contributed by atoms with Crippen LogP contribution >= 0.6 is 11.6 Å². The van der Waals surface area contributed by atoms with Crippen molar-refractivity contribution < 1.29 is 0 Å². The summed E-state index contributed by atoms with van der Waals surface area (Å²) in [4.78, 5) is 8.98. The standard InChI is InChI=1S/C19H19ClN4/c1-13-11-18(22-14(2)15-7-4-3-5-8-15)24-19(21-13)23-17-10-6-9-16(20)12-17/h3-12,14H,1-2H3,(H2,21,22,23,24). The van der Waals surface area contributed by atoms with Crippen molar-refractivity contribution in [2.24, 2.45) is 0 Å². The number of rotatable bonds is 5. The molecule has 122 valence electrons. The summed E-state index contributed by atoms with van der Waals surface area (Å²) in [6.07, 6.45) is 0. The third-order valence-electron chi connectivity index (χ3n) is 3.60. The molecule has 24 heavy (non-hydrogen) atoms. The van der Waals surface area contributed by atoms with Crippen LogP contribution in [0.5, 0.6) is 0 Å². The van der Waals surface area contributed by atoms with E-state index in [9.17, 15) is 0 Å². The lowest BCUT2D eigenvalue weighted by Gasteiger charge is -2.16. The molecule has 0 radical (unpaired) electrons. The van der Waals surface area contributed by atoms with E-state index in [2.05, 4.69) is 39.7 Å². The van der Waals surface area contributed by atoms with E-state index in [-0.39, 0.29) is 6.04 Å². The van der Waals surface area contributed by atoms with Crippen molar-refractivity contribution in [3.63, 3.8) is 0 Å². The van der Waals surface area contributed by atoms with Gasteiger partial charge in [-0.1, -0.05) is 48.0 Å². The second kappa shape index (κ2) is 7.32. The fraction of sp³-hybridized carbons (Fsp3) is 0.158. The van der Waals surface area contributed by atoms with Gasteiger partial charge in [-0.25, -0.2) is 4.98 Å². The monoisotopic (exact) mass is 338 g/mol. The molecule has 1 aromatic heterocycles. The van der Waals surface area contributed by atoms with Crippen molar-refractivity contribution >= 4 is 29.1 Å². The van der Waals surface area contributed by atoms with E-state index in [0.717, 1.165) is 17.2 Å². The maximum atomic E-state index is 6.02. The molecule has 2 N–H and O–H groups in total. The SMILES string of the molecule is Cc1cc(NC(C)c2ccccc2)nc(Nc2cccc(Cl)c2)n1. The maximum absolute atomic E-state index is 6.02. The molecule has 0 spiro atoms. The second-order valence-electron chi connectivity index (χ2n) is 5.63. The molecule has 0 amide bonds. The molecule has 0 saturated carbocycles. The molecular formula is C19H19ClN4. The number of aryl methyl sites for hydroxylation is 1. The van der Waals surface area contributed by atoms with Crippen LogP contribution in [-0.2, 0) is 0 Å². The lowest BCUT2D eigenvalue weighted by atomic mass is 10.1. The highest BCUT2D eigenvalue weighted by Gasteiger charge is 2.08. The van der Waals surface area contributed by atoms with Gasteiger partial charge in [0.25, 0.3) is 0 Å². The first-order chi connectivity index (χ1) is 11.6. The van der Waals surface area contributed by atoms with Gasteiger partial charge in [-0.2, -0.15) is 4.98 Å². The van der Waals surface area contributed by atoms with Gasteiger partial charge < -0.3 is 10.6 Å². The van der Waals surface area contributed by atoms with Crippen LogP contribution in [0.4, 0.5) is 17.5 Å². The quantitative estimate of drug-likeness (QED) is 0.658. The predicted octanol–water partition coefficient (Wildman–Crippen LogP) is 5.36. The first kappa shape index (κ1) is 16.3. The molecule has 3 aromatic rings. The molecule has 0 fully saturated rings. The zero-order valence-corrected chi connectivity index (χ0v) is 14.4. The number of hydrogen-bond acceptors (Lipinski definition) is 4. The first-order valence-electron chi connectivity index (χ1n) is 7.80. The number of nitrogens with one attached hydrogen (secondary N) is 2. The fourth-order valence-electron chi connectivity index (χ4n) is 2.44. The zero-order valence-electron chi connectivity index (χ0n) is 13.6. The van der Waals surface area contributed by atoms with Gasteiger partial charge in [-0.3, -0.25) is 0 Å². The van der Waals surface area contributed by atoms with E-state index < -0.39 is 0 Å². The topological polar surface area (TPSA) is 49.8 Å². The third kappa shape index (κ3) is 4.24. The molecule has 0 aliphatic carbocycles. The smallest absolute Gasteiger partial charge is 0.229 e. The van der Waals surface area contributed by atoms with Gasteiger partial charge in [0.1, 0.15) is 5.82 Å². The molecule has 1 atom stereocenters. The van der Waals surface area contributed by atoms with E-state index in [0.29, 0.717) is 11.0 Å². The molecule has 2 aromatic carbocycles. The van der Waals surface area contributed by atoms with Crippen molar-refractivity contribution in [3.8, 4) is 0 Å². The lowest BCUT2D eigenvalue weighted by molar-refractivity contribution is 0.871. The fourth-order valence-corrected chi connectivity index (χ4v) is 2.63. The number of benzene rings is 2. The molecular weight excluding hydrogens is 320 g/mol. The van der Waals surface area contributed by atoms with Crippen LogP contribution in [0.3, 0.4) is 0 Å². The normalized spacial score (nSPS) is 11.8. The van der Waals surface area contributed by atoms with Crippen molar-refractivity contribution in [1.82, 2.24) is 9.97 Å². The molecule has 0 saturated heterocycles. The number of anilines is 3. The highest BCUT2D eigenvalue weighted by atomic mass is 35.5. The molecule has 5 heteroatoms. The van der Waals surface area contributed by atoms with Crippen LogP contribution < -0.4 is 10.6 Å². The van der Waals surface area contributed by atoms with Crippen molar-refractivity contribution in [2.45, 2.75) is 19.9 Å². The molecule has 0 aliphatic rings. The predicted molar refractivity (Wildman–Crippen MR) is 100.0 cm³/mol.